The number of hydrogen-bond acceptors (Lipinski definition) is 5. The Bertz CT molecular complexity index is 742. The standard InChI is InChI=1S/C14H17N3O5S/c1-10-2-4-11(5-3-10)23(21,22)17-7-6-16(8-13(15)19)14(20)12(17)9-18/h2-7,12,18H,8-9H2,1H3,(H2,15,19)/t12-/m0/s1. The van der Waals surface area contributed by atoms with Gasteiger partial charge in [-0.15, -0.1) is 0 Å². The van der Waals surface area contributed by atoms with Gasteiger partial charge in [-0.25, -0.2) is 8.42 Å². The third-order valence-electron chi connectivity index (χ3n) is 3.36. The number of hydrogen-bond donors (Lipinski definition) is 2. The molecule has 8 nitrogen and oxygen atoms in total. The van der Waals surface area contributed by atoms with Crippen molar-refractivity contribution in [1.82, 2.24) is 9.21 Å². The molecule has 1 aromatic carbocycles. The summed E-state index contributed by atoms with van der Waals surface area (Å²) in [6, 6.07) is 4.77. The first-order chi connectivity index (χ1) is 10.8. The van der Waals surface area contributed by atoms with Gasteiger partial charge in [0, 0.05) is 12.4 Å². The number of primary amides is 1. The van der Waals surface area contributed by atoms with Gasteiger partial charge < -0.3 is 15.7 Å². The molecule has 124 valence electrons. The van der Waals surface area contributed by atoms with Gasteiger partial charge in [-0.1, -0.05) is 17.7 Å². The summed E-state index contributed by atoms with van der Waals surface area (Å²) in [7, 11) is -4.00. The first-order valence-electron chi connectivity index (χ1n) is 6.75. The van der Waals surface area contributed by atoms with E-state index in [1.807, 2.05) is 6.92 Å². The molecule has 0 saturated heterocycles. The Labute approximate surface area is 133 Å². The van der Waals surface area contributed by atoms with E-state index < -0.39 is 34.5 Å². The molecule has 0 radical (unpaired) electrons. The Balaban J connectivity index is 2.39. The number of amides is 2. The number of rotatable bonds is 5. The Hall–Kier alpha value is -2.39. The zero-order valence-corrected chi connectivity index (χ0v) is 13.2. The molecule has 2 amide bonds. The Morgan fingerprint density at radius 1 is 1.26 bits per heavy atom. The largest absolute Gasteiger partial charge is 0.394 e. The van der Waals surface area contributed by atoms with Gasteiger partial charge in [-0.3, -0.25) is 13.9 Å². The number of nitrogens with two attached hydrogens (primary N) is 1. The van der Waals surface area contributed by atoms with Crippen LogP contribution >= 0.6 is 0 Å². The summed E-state index contributed by atoms with van der Waals surface area (Å²) < 4.78 is 26.1. The number of carbonyl (C=O) groups is 2. The minimum absolute atomic E-state index is 0.00218. The number of aliphatic hydroxyl groups is 1. The van der Waals surface area contributed by atoms with Crippen LogP contribution in [-0.2, 0) is 19.6 Å². The summed E-state index contributed by atoms with van der Waals surface area (Å²) in [6.45, 7) is 0.715. The zero-order chi connectivity index (χ0) is 17.2. The second-order valence-electron chi connectivity index (χ2n) is 5.08. The molecule has 1 aliphatic rings. The number of benzene rings is 1. The van der Waals surface area contributed by atoms with Gasteiger partial charge in [0.05, 0.1) is 11.5 Å². The maximum Gasteiger partial charge on any atom is 0.264 e. The molecule has 0 fully saturated rings. The number of nitrogens with zero attached hydrogens (tertiary/aromatic N) is 2. The number of carbonyl (C=O) groups excluding carboxylic acids is 2. The summed E-state index contributed by atoms with van der Waals surface area (Å²) in [5.41, 5.74) is 5.93. The molecule has 2 rings (SSSR count). The van der Waals surface area contributed by atoms with Gasteiger partial charge in [0.1, 0.15) is 12.6 Å². The third-order valence-corrected chi connectivity index (χ3v) is 5.16. The molecule has 0 aliphatic carbocycles. The fraction of sp³-hybridized carbons (Fsp3) is 0.286. The summed E-state index contributed by atoms with van der Waals surface area (Å²) in [4.78, 5) is 24.2. The molecule has 0 unspecified atom stereocenters. The Kier molecular flexibility index (Phi) is 4.71. The van der Waals surface area contributed by atoms with Crippen molar-refractivity contribution in [2.75, 3.05) is 13.2 Å². The average Bonchev–Trinajstić information content (AvgIpc) is 2.49. The predicted octanol–water partition coefficient (Wildman–Crippen LogP) is -0.855. The van der Waals surface area contributed by atoms with E-state index in [0.717, 1.165) is 27.2 Å². The summed E-state index contributed by atoms with van der Waals surface area (Å²) in [6.07, 6.45) is 2.30. The normalized spacial score (nSPS) is 18.3. The van der Waals surface area contributed by atoms with Crippen LogP contribution in [-0.4, -0.2) is 53.7 Å². The Morgan fingerprint density at radius 3 is 2.39 bits per heavy atom. The van der Waals surface area contributed by atoms with Crippen LogP contribution < -0.4 is 5.73 Å². The van der Waals surface area contributed by atoms with Gasteiger partial charge in [0.15, 0.2) is 0 Å². The maximum atomic E-state index is 12.6. The first kappa shape index (κ1) is 17.0. The number of aliphatic hydroxyl groups excluding tert-OH is 1. The highest BCUT2D eigenvalue weighted by Crippen LogP contribution is 2.23. The molecule has 9 heteroatoms. The van der Waals surface area contributed by atoms with E-state index in [0.29, 0.717) is 0 Å². The van der Waals surface area contributed by atoms with Crippen molar-refractivity contribution in [2.24, 2.45) is 5.73 Å². The molecule has 0 spiro atoms. The van der Waals surface area contributed by atoms with Gasteiger partial charge in [-0.2, -0.15) is 0 Å². The van der Waals surface area contributed by atoms with E-state index in [9.17, 15) is 23.1 Å². The first-order valence-corrected chi connectivity index (χ1v) is 8.19. The molecular weight excluding hydrogens is 322 g/mol. The minimum atomic E-state index is -4.00. The van der Waals surface area contributed by atoms with Crippen LogP contribution in [0.4, 0.5) is 0 Å². The smallest absolute Gasteiger partial charge is 0.264 e. The van der Waals surface area contributed by atoms with Crippen molar-refractivity contribution < 1.29 is 23.1 Å². The van der Waals surface area contributed by atoms with Crippen molar-refractivity contribution >= 4 is 21.8 Å². The monoisotopic (exact) mass is 339 g/mol. The number of sulfonamides is 1. The second-order valence-corrected chi connectivity index (χ2v) is 6.92. The molecule has 1 aliphatic heterocycles. The highest BCUT2D eigenvalue weighted by Gasteiger charge is 2.38. The third kappa shape index (κ3) is 3.35. The summed E-state index contributed by atoms with van der Waals surface area (Å²) in [5.74, 6) is -1.46. The lowest BCUT2D eigenvalue weighted by molar-refractivity contribution is -0.137. The Morgan fingerprint density at radius 2 is 1.87 bits per heavy atom. The lowest BCUT2D eigenvalue weighted by Crippen LogP contribution is -2.53. The summed E-state index contributed by atoms with van der Waals surface area (Å²) in [5, 5.41) is 9.43. The van der Waals surface area contributed by atoms with E-state index in [1.165, 1.54) is 12.1 Å². The van der Waals surface area contributed by atoms with Crippen LogP contribution in [0, 0.1) is 6.92 Å². The number of aryl methyl sites for hydroxylation is 1. The van der Waals surface area contributed by atoms with Crippen molar-refractivity contribution in [3.05, 3.63) is 42.2 Å². The fourth-order valence-corrected chi connectivity index (χ4v) is 3.59. The van der Waals surface area contributed by atoms with Gasteiger partial charge in [0.2, 0.25) is 5.91 Å². The van der Waals surface area contributed by atoms with Crippen LogP contribution in [0.3, 0.4) is 0 Å². The van der Waals surface area contributed by atoms with Crippen LogP contribution in [0.2, 0.25) is 0 Å². The van der Waals surface area contributed by atoms with Crippen molar-refractivity contribution in [3.8, 4) is 0 Å². The molecule has 3 N–H and O–H groups in total. The molecule has 23 heavy (non-hydrogen) atoms. The van der Waals surface area contributed by atoms with Crippen LogP contribution in [0.15, 0.2) is 41.6 Å². The van der Waals surface area contributed by atoms with E-state index in [1.54, 1.807) is 12.1 Å². The molecule has 0 bridgehead atoms. The molecule has 0 aromatic heterocycles. The highest BCUT2D eigenvalue weighted by molar-refractivity contribution is 7.89. The molecular formula is C14H17N3O5S. The van der Waals surface area contributed by atoms with Crippen LogP contribution in [0.1, 0.15) is 5.56 Å². The van der Waals surface area contributed by atoms with E-state index >= 15 is 0 Å². The lowest BCUT2D eigenvalue weighted by atomic mass is 10.2. The minimum Gasteiger partial charge on any atom is -0.394 e. The lowest BCUT2D eigenvalue weighted by Gasteiger charge is -2.34. The van der Waals surface area contributed by atoms with E-state index in [2.05, 4.69) is 0 Å². The SMILES string of the molecule is Cc1ccc(S(=O)(=O)N2C=CN(CC(N)=O)C(=O)[C@@H]2CO)cc1. The average molecular weight is 339 g/mol. The second kappa shape index (κ2) is 6.39. The van der Waals surface area contributed by atoms with Crippen molar-refractivity contribution in [1.29, 1.82) is 0 Å². The topological polar surface area (TPSA) is 121 Å². The van der Waals surface area contributed by atoms with Gasteiger partial charge in [-0.05, 0) is 19.1 Å². The highest BCUT2D eigenvalue weighted by atomic mass is 32.2. The zero-order valence-electron chi connectivity index (χ0n) is 12.4. The van der Waals surface area contributed by atoms with E-state index in [-0.39, 0.29) is 11.4 Å². The molecule has 0 saturated carbocycles. The maximum absolute atomic E-state index is 12.6. The quantitative estimate of drug-likeness (QED) is 0.723. The molecule has 1 heterocycles. The van der Waals surface area contributed by atoms with Crippen LogP contribution in [0.5, 0.6) is 0 Å². The van der Waals surface area contributed by atoms with Gasteiger partial charge in [0.25, 0.3) is 15.9 Å². The van der Waals surface area contributed by atoms with E-state index in [4.69, 9.17) is 5.73 Å². The predicted molar refractivity (Wildman–Crippen MR) is 81.1 cm³/mol. The molecule has 1 aromatic rings. The fourth-order valence-electron chi connectivity index (χ4n) is 2.16. The van der Waals surface area contributed by atoms with Crippen LogP contribution in [0.25, 0.3) is 0 Å². The summed E-state index contributed by atoms with van der Waals surface area (Å²) >= 11 is 0. The van der Waals surface area contributed by atoms with Crippen molar-refractivity contribution in [3.63, 3.8) is 0 Å². The van der Waals surface area contributed by atoms with Crippen molar-refractivity contribution in [2.45, 2.75) is 17.9 Å². The van der Waals surface area contributed by atoms with Gasteiger partial charge >= 0.3 is 0 Å². The molecule has 1 atom stereocenters.